The maximum Gasteiger partial charge on any atom is 0.241 e. The summed E-state index contributed by atoms with van der Waals surface area (Å²) in [5.41, 5.74) is 0.818. The lowest BCUT2D eigenvalue weighted by Crippen LogP contribution is -2.50. The number of carbonyl (C=O) groups excluding carboxylic acids is 1. The molecular weight excluding hydrogens is 284 g/mol. The van der Waals surface area contributed by atoms with E-state index in [2.05, 4.69) is 0 Å². The van der Waals surface area contributed by atoms with Gasteiger partial charge in [0.25, 0.3) is 0 Å². The van der Waals surface area contributed by atoms with Crippen LogP contribution in [0.15, 0.2) is 24.3 Å². The molecular formula is C16H22N2O4. The van der Waals surface area contributed by atoms with Crippen molar-refractivity contribution < 1.29 is 19.4 Å². The van der Waals surface area contributed by atoms with Crippen molar-refractivity contribution in [2.45, 2.75) is 19.1 Å². The van der Waals surface area contributed by atoms with Gasteiger partial charge in [-0.15, -0.1) is 0 Å². The third-order valence-electron chi connectivity index (χ3n) is 4.26. The van der Waals surface area contributed by atoms with Crippen LogP contribution < -0.4 is 9.64 Å². The zero-order valence-corrected chi connectivity index (χ0v) is 12.8. The number of fused-ring (bicyclic) bond motifs is 1. The van der Waals surface area contributed by atoms with Crippen molar-refractivity contribution in [1.82, 2.24) is 4.90 Å². The van der Waals surface area contributed by atoms with E-state index in [0.29, 0.717) is 32.9 Å². The van der Waals surface area contributed by atoms with Crippen molar-refractivity contribution in [3.8, 4) is 5.75 Å². The van der Waals surface area contributed by atoms with E-state index in [0.717, 1.165) is 11.4 Å². The van der Waals surface area contributed by atoms with E-state index in [1.807, 2.05) is 36.1 Å². The first-order chi connectivity index (χ1) is 10.7. The summed E-state index contributed by atoms with van der Waals surface area (Å²) in [5, 5.41) is 9.96. The van der Waals surface area contributed by atoms with Gasteiger partial charge in [0.1, 0.15) is 12.4 Å². The summed E-state index contributed by atoms with van der Waals surface area (Å²) in [6.45, 7) is 4.84. The minimum absolute atomic E-state index is 0.0247. The number of ether oxygens (including phenoxy) is 2. The molecule has 2 heterocycles. The standard InChI is InChI=1S/C16H22N2O4/c1-2-17(13-10-21-11-14(13)19)9-16(20)18-7-8-22-15-6-4-3-5-12(15)18/h3-6,13-14,19H,2,7-11H2,1H3. The maximum absolute atomic E-state index is 12.7. The Morgan fingerprint density at radius 2 is 2.23 bits per heavy atom. The van der Waals surface area contributed by atoms with Crippen LogP contribution in [0.3, 0.4) is 0 Å². The number of likely N-dealkylation sites (N-methyl/N-ethyl adjacent to an activating group) is 1. The molecule has 0 saturated carbocycles. The Bertz CT molecular complexity index is 537. The number of anilines is 1. The second-order valence-electron chi connectivity index (χ2n) is 5.60. The second kappa shape index (κ2) is 6.64. The molecule has 2 atom stereocenters. The molecule has 1 N–H and O–H groups in total. The van der Waals surface area contributed by atoms with Crippen molar-refractivity contribution in [3.63, 3.8) is 0 Å². The van der Waals surface area contributed by atoms with Gasteiger partial charge in [-0.25, -0.2) is 0 Å². The van der Waals surface area contributed by atoms with Crippen LogP contribution in [-0.2, 0) is 9.53 Å². The van der Waals surface area contributed by atoms with E-state index in [1.54, 1.807) is 4.90 Å². The molecule has 1 aromatic carbocycles. The van der Waals surface area contributed by atoms with E-state index < -0.39 is 6.10 Å². The fourth-order valence-electron chi connectivity index (χ4n) is 3.03. The highest BCUT2D eigenvalue weighted by molar-refractivity contribution is 5.96. The van der Waals surface area contributed by atoms with Crippen molar-refractivity contribution in [3.05, 3.63) is 24.3 Å². The average Bonchev–Trinajstić information content (AvgIpc) is 2.97. The first kappa shape index (κ1) is 15.3. The van der Waals surface area contributed by atoms with E-state index in [9.17, 15) is 9.90 Å². The number of hydrogen-bond donors (Lipinski definition) is 1. The highest BCUT2D eigenvalue weighted by Gasteiger charge is 2.33. The Labute approximate surface area is 130 Å². The second-order valence-corrected chi connectivity index (χ2v) is 5.60. The summed E-state index contributed by atoms with van der Waals surface area (Å²) in [6, 6.07) is 7.47. The van der Waals surface area contributed by atoms with E-state index in [1.165, 1.54) is 0 Å². The van der Waals surface area contributed by atoms with Gasteiger partial charge in [-0.1, -0.05) is 19.1 Å². The first-order valence-corrected chi connectivity index (χ1v) is 7.72. The van der Waals surface area contributed by atoms with Gasteiger partial charge < -0.3 is 19.5 Å². The first-order valence-electron chi connectivity index (χ1n) is 7.72. The van der Waals surface area contributed by atoms with Gasteiger partial charge in [0.15, 0.2) is 0 Å². The zero-order valence-electron chi connectivity index (χ0n) is 12.8. The lowest BCUT2D eigenvalue weighted by Gasteiger charge is -2.33. The van der Waals surface area contributed by atoms with E-state index in [-0.39, 0.29) is 18.5 Å². The fourth-order valence-corrected chi connectivity index (χ4v) is 3.03. The molecule has 2 unspecified atom stereocenters. The molecule has 2 aliphatic heterocycles. The molecule has 0 aromatic heterocycles. The number of benzene rings is 1. The van der Waals surface area contributed by atoms with Crippen molar-refractivity contribution >= 4 is 11.6 Å². The minimum Gasteiger partial charge on any atom is -0.490 e. The lowest BCUT2D eigenvalue weighted by molar-refractivity contribution is -0.120. The summed E-state index contributed by atoms with van der Waals surface area (Å²) in [4.78, 5) is 16.5. The van der Waals surface area contributed by atoms with Crippen LogP contribution in [0.2, 0.25) is 0 Å². The molecule has 6 nitrogen and oxygen atoms in total. The molecule has 1 fully saturated rings. The average molecular weight is 306 g/mol. The monoisotopic (exact) mass is 306 g/mol. The molecule has 120 valence electrons. The van der Waals surface area contributed by atoms with Gasteiger partial charge in [-0.2, -0.15) is 0 Å². The Balaban J connectivity index is 1.71. The molecule has 22 heavy (non-hydrogen) atoms. The van der Waals surface area contributed by atoms with Crippen LogP contribution in [0.5, 0.6) is 5.75 Å². The lowest BCUT2D eigenvalue weighted by atomic mass is 10.1. The molecule has 0 bridgehead atoms. The molecule has 3 rings (SSSR count). The SMILES string of the molecule is CCN(CC(=O)N1CCOc2ccccc21)C1COCC1O. The number of nitrogens with zero attached hydrogens (tertiary/aromatic N) is 2. The van der Waals surface area contributed by atoms with Gasteiger partial charge in [-0.3, -0.25) is 9.69 Å². The summed E-state index contributed by atoms with van der Waals surface area (Å²) < 4.78 is 10.9. The van der Waals surface area contributed by atoms with Crippen LogP contribution in [0.1, 0.15) is 6.92 Å². The van der Waals surface area contributed by atoms with Crippen molar-refractivity contribution in [2.24, 2.45) is 0 Å². The third-order valence-corrected chi connectivity index (χ3v) is 4.26. The van der Waals surface area contributed by atoms with Crippen LogP contribution >= 0.6 is 0 Å². The quantitative estimate of drug-likeness (QED) is 0.877. The number of aliphatic hydroxyl groups excluding tert-OH is 1. The van der Waals surface area contributed by atoms with Gasteiger partial charge >= 0.3 is 0 Å². The minimum atomic E-state index is -0.523. The van der Waals surface area contributed by atoms with Crippen molar-refractivity contribution in [2.75, 3.05) is 44.4 Å². The van der Waals surface area contributed by atoms with Crippen LogP contribution in [0.4, 0.5) is 5.69 Å². The molecule has 0 spiro atoms. The Morgan fingerprint density at radius 3 is 2.95 bits per heavy atom. The predicted octanol–water partition coefficient (Wildman–Crippen LogP) is 0.494. The number of aliphatic hydroxyl groups is 1. The molecule has 0 aliphatic carbocycles. The predicted molar refractivity (Wildman–Crippen MR) is 82.2 cm³/mol. The topological polar surface area (TPSA) is 62.2 Å². The van der Waals surface area contributed by atoms with Crippen molar-refractivity contribution in [1.29, 1.82) is 0 Å². The van der Waals surface area contributed by atoms with Gasteiger partial charge in [-0.05, 0) is 18.7 Å². The number of rotatable bonds is 4. The molecule has 0 radical (unpaired) electrons. The number of amides is 1. The zero-order chi connectivity index (χ0) is 15.5. The molecule has 1 amide bonds. The Hall–Kier alpha value is -1.63. The van der Waals surface area contributed by atoms with Gasteiger partial charge in [0, 0.05) is 0 Å². The van der Waals surface area contributed by atoms with E-state index >= 15 is 0 Å². The summed E-state index contributed by atoms with van der Waals surface area (Å²) in [6.07, 6.45) is -0.523. The smallest absolute Gasteiger partial charge is 0.241 e. The number of para-hydroxylation sites is 2. The van der Waals surface area contributed by atoms with Crippen LogP contribution in [0.25, 0.3) is 0 Å². The van der Waals surface area contributed by atoms with Crippen LogP contribution in [0, 0.1) is 0 Å². The van der Waals surface area contributed by atoms with E-state index in [4.69, 9.17) is 9.47 Å². The Kier molecular flexibility index (Phi) is 4.61. The molecule has 2 aliphatic rings. The summed E-state index contributed by atoms with van der Waals surface area (Å²) in [5.74, 6) is 0.770. The number of hydrogen-bond acceptors (Lipinski definition) is 5. The Morgan fingerprint density at radius 1 is 1.41 bits per heavy atom. The maximum atomic E-state index is 12.7. The van der Waals surface area contributed by atoms with Crippen LogP contribution in [-0.4, -0.2) is 67.5 Å². The highest BCUT2D eigenvalue weighted by atomic mass is 16.5. The third kappa shape index (κ3) is 2.95. The number of carbonyl (C=O) groups is 1. The molecule has 1 saturated heterocycles. The summed E-state index contributed by atoms with van der Waals surface area (Å²) >= 11 is 0. The normalized spacial score (nSPS) is 24.2. The molecule has 6 heteroatoms. The summed E-state index contributed by atoms with van der Waals surface area (Å²) in [7, 11) is 0. The largest absolute Gasteiger partial charge is 0.490 e. The fraction of sp³-hybridized carbons (Fsp3) is 0.562. The molecule has 1 aromatic rings. The van der Waals surface area contributed by atoms with Gasteiger partial charge in [0.05, 0.1) is 44.1 Å². The van der Waals surface area contributed by atoms with Gasteiger partial charge in [0.2, 0.25) is 5.91 Å². The highest BCUT2D eigenvalue weighted by Crippen LogP contribution is 2.31.